The molecule has 1 atom stereocenters. The number of carbonyl (C=O) groups is 1. The zero-order valence-electron chi connectivity index (χ0n) is 19.3. The zero-order valence-corrected chi connectivity index (χ0v) is 19.3. The lowest BCUT2D eigenvalue weighted by Gasteiger charge is -2.27. The van der Waals surface area contributed by atoms with Gasteiger partial charge in [-0.25, -0.2) is 4.68 Å². The van der Waals surface area contributed by atoms with Crippen molar-refractivity contribution >= 4 is 11.7 Å². The summed E-state index contributed by atoms with van der Waals surface area (Å²) in [5.41, 5.74) is 1.54. The van der Waals surface area contributed by atoms with Crippen LogP contribution in [0.3, 0.4) is 0 Å². The largest absolute Gasteiger partial charge is 0.491 e. The van der Waals surface area contributed by atoms with E-state index in [1.54, 1.807) is 6.20 Å². The normalized spacial score (nSPS) is 22.6. The Morgan fingerprint density at radius 3 is 2.75 bits per heavy atom. The molecule has 2 fully saturated rings. The Bertz CT molecular complexity index is 922. The van der Waals surface area contributed by atoms with Gasteiger partial charge in [-0.15, -0.1) is 0 Å². The van der Waals surface area contributed by atoms with Crippen LogP contribution in [0.2, 0.25) is 0 Å². The predicted molar refractivity (Wildman–Crippen MR) is 125 cm³/mol. The maximum atomic E-state index is 12.7. The number of anilines is 1. The van der Waals surface area contributed by atoms with E-state index in [9.17, 15) is 9.90 Å². The first-order chi connectivity index (χ1) is 15.4. The number of ether oxygens (including phenoxy) is 1. The molecule has 1 saturated heterocycles. The van der Waals surface area contributed by atoms with Crippen molar-refractivity contribution in [2.45, 2.75) is 70.4 Å². The summed E-state index contributed by atoms with van der Waals surface area (Å²) < 4.78 is 7.90. The molecule has 1 aromatic heterocycles. The Hall–Kier alpha value is -2.38. The number of aryl methyl sites for hydroxylation is 2. The minimum Gasteiger partial charge on any atom is -0.491 e. The van der Waals surface area contributed by atoms with Crippen LogP contribution in [0.4, 0.5) is 5.82 Å². The van der Waals surface area contributed by atoms with Crippen molar-refractivity contribution in [3.8, 4) is 5.75 Å². The van der Waals surface area contributed by atoms with Crippen LogP contribution in [0.15, 0.2) is 30.5 Å². The van der Waals surface area contributed by atoms with Crippen LogP contribution in [0.25, 0.3) is 0 Å². The molecule has 7 heteroatoms. The number of aromatic nitrogens is 2. The van der Waals surface area contributed by atoms with Crippen molar-refractivity contribution in [2.75, 3.05) is 31.6 Å². The van der Waals surface area contributed by atoms with Gasteiger partial charge in [0.2, 0.25) is 5.91 Å². The fourth-order valence-corrected chi connectivity index (χ4v) is 4.80. The average Bonchev–Trinajstić information content (AvgIpc) is 3.41. The number of likely N-dealkylation sites (tertiary alicyclic amines) is 1. The summed E-state index contributed by atoms with van der Waals surface area (Å²) in [5, 5.41) is 18.6. The molecule has 2 aromatic rings. The summed E-state index contributed by atoms with van der Waals surface area (Å²) in [6, 6.07) is 8.28. The highest BCUT2D eigenvalue weighted by Gasteiger charge is 2.32. The monoisotopic (exact) mass is 440 g/mol. The zero-order chi connectivity index (χ0) is 22.6. The number of nitrogens with one attached hydrogen (secondary N) is 1. The van der Waals surface area contributed by atoms with E-state index in [0.29, 0.717) is 32.0 Å². The quantitative estimate of drug-likeness (QED) is 0.684. The van der Waals surface area contributed by atoms with Crippen molar-refractivity contribution in [1.82, 2.24) is 14.7 Å². The van der Waals surface area contributed by atoms with E-state index in [0.717, 1.165) is 37.4 Å². The summed E-state index contributed by atoms with van der Waals surface area (Å²) in [5.74, 6) is 1.55. The Labute approximate surface area is 190 Å². The van der Waals surface area contributed by atoms with Crippen molar-refractivity contribution in [1.29, 1.82) is 0 Å². The molecule has 32 heavy (non-hydrogen) atoms. The molecule has 174 valence electrons. The van der Waals surface area contributed by atoms with Gasteiger partial charge in [0.05, 0.1) is 24.4 Å². The van der Waals surface area contributed by atoms with Gasteiger partial charge in [-0.05, 0) is 75.8 Å². The molecule has 1 saturated carbocycles. The minimum absolute atomic E-state index is 0.0263. The predicted octanol–water partition coefficient (Wildman–Crippen LogP) is 3.85. The van der Waals surface area contributed by atoms with Crippen LogP contribution in [-0.4, -0.2) is 57.5 Å². The van der Waals surface area contributed by atoms with E-state index < -0.39 is 5.60 Å². The number of rotatable bonds is 7. The highest BCUT2D eigenvalue weighted by Crippen LogP contribution is 2.31. The molecule has 1 aliphatic heterocycles. The second kappa shape index (κ2) is 10.0. The molecule has 0 radical (unpaired) electrons. The van der Waals surface area contributed by atoms with Crippen molar-refractivity contribution in [3.63, 3.8) is 0 Å². The first-order valence-corrected chi connectivity index (χ1v) is 11.9. The molecular formula is C25H36N4O3. The Morgan fingerprint density at radius 1 is 1.16 bits per heavy atom. The lowest BCUT2D eigenvalue weighted by molar-refractivity contribution is -0.117. The van der Waals surface area contributed by atoms with Gasteiger partial charge in [0.1, 0.15) is 18.2 Å². The molecule has 1 unspecified atom stereocenters. The molecule has 7 nitrogen and oxygen atoms in total. The first-order valence-electron chi connectivity index (χ1n) is 11.9. The molecule has 2 aliphatic rings. The average molecular weight is 441 g/mol. The van der Waals surface area contributed by atoms with E-state index in [1.165, 1.54) is 24.0 Å². The second-order valence-electron chi connectivity index (χ2n) is 9.54. The maximum absolute atomic E-state index is 12.7. The van der Waals surface area contributed by atoms with Gasteiger partial charge >= 0.3 is 0 Å². The second-order valence-corrected chi connectivity index (χ2v) is 9.54. The van der Waals surface area contributed by atoms with Gasteiger partial charge in [-0.2, -0.15) is 5.10 Å². The van der Waals surface area contributed by atoms with E-state index in [1.807, 2.05) is 28.9 Å². The van der Waals surface area contributed by atoms with Gasteiger partial charge in [-0.1, -0.05) is 18.9 Å². The van der Waals surface area contributed by atoms with Crippen LogP contribution in [0.1, 0.15) is 62.1 Å². The fraction of sp³-hybridized carbons (Fsp3) is 0.600. The molecular weight excluding hydrogens is 404 g/mol. The highest BCUT2D eigenvalue weighted by molar-refractivity contribution is 5.91. The number of aliphatic hydroxyl groups is 1. The minimum atomic E-state index is -0.870. The number of amides is 1. The van der Waals surface area contributed by atoms with Gasteiger partial charge in [0.25, 0.3) is 0 Å². The third kappa shape index (κ3) is 5.70. The van der Waals surface area contributed by atoms with Crippen LogP contribution in [0.5, 0.6) is 5.75 Å². The molecule has 2 heterocycles. The number of hydrogen-bond donors (Lipinski definition) is 2. The van der Waals surface area contributed by atoms with Crippen LogP contribution >= 0.6 is 0 Å². The van der Waals surface area contributed by atoms with E-state index >= 15 is 0 Å². The van der Waals surface area contributed by atoms with E-state index in [4.69, 9.17) is 4.74 Å². The Morgan fingerprint density at radius 2 is 1.97 bits per heavy atom. The summed E-state index contributed by atoms with van der Waals surface area (Å²) >= 11 is 0. The molecule has 0 spiro atoms. The van der Waals surface area contributed by atoms with Gasteiger partial charge in [-0.3, -0.25) is 9.69 Å². The number of hydrogen-bond acceptors (Lipinski definition) is 5. The lowest BCUT2D eigenvalue weighted by atomic mass is 9.96. The summed E-state index contributed by atoms with van der Waals surface area (Å²) in [4.78, 5) is 14.8. The molecule has 4 rings (SSSR count). The fourth-order valence-electron chi connectivity index (χ4n) is 4.80. The Kier molecular flexibility index (Phi) is 7.16. The van der Waals surface area contributed by atoms with Crippen LogP contribution in [0, 0.1) is 13.8 Å². The molecule has 0 bridgehead atoms. The molecule has 1 aromatic carbocycles. The summed E-state index contributed by atoms with van der Waals surface area (Å²) in [6.45, 7) is 6.20. The van der Waals surface area contributed by atoms with Crippen molar-refractivity contribution in [2.24, 2.45) is 0 Å². The number of benzene rings is 1. The van der Waals surface area contributed by atoms with Crippen molar-refractivity contribution in [3.05, 3.63) is 41.6 Å². The summed E-state index contributed by atoms with van der Waals surface area (Å²) in [7, 11) is 0. The topological polar surface area (TPSA) is 79.6 Å². The van der Waals surface area contributed by atoms with E-state index in [2.05, 4.69) is 29.2 Å². The summed E-state index contributed by atoms with van der Waals surface area (Å²) in [6.07, 6.45) is 8.55. The number of carbonyl (C=O) groups excluding carboxylic acids is 1. The van der Waals surface area contributed by atoms with Crippen molar-refractivity contribution < 1.29 is 14.6 Å². The lowest BCUT2D eigenvalue weighted by Crippen LogP contribution is -2.38. The highest BCUT2D eigenvalue weighted by atomic mass is 16.5. The van der Waals surface area contributed by atoms with E-state index in [-0.39, 0.29) is 12.5 Å². The number of nitrogens with zero attached hydrogens (tertiary/aromatic N) is 3. The van der Waals surface area contributed by atoms with Crippen LogP contribution in [-0.2, 0) is 4.79 Å². The first kappa shape index (κ1) is 22.8. The van der Waals surface area contributed by atoms with Gasteiger partial charge in [0.15, 0.2) is 0 Å². The molecule has 1 amide bonds. The van der Waals surface area contributed by atoms with Gasteiger partial charge < -0.3 is 15.2 Å². The SMILES string of the molecule is Cc1ccc(OCC2(O)CCCN(CC(=O)Nc3ccnn3C3CCCC3)CC2)cc1C. The maximum Gasteiger partial charge on any atom is 0.239 e. The Balaban J connectivity index is 1.27. The third-order valence-corrected chi connectivity index (χ3v) is 6.97. The van der Waals surface area contributed by atoms with Crippen LogP contribution < -0.4 is 10.1 Å². The van der Waals surface area contributed by atoms with Gasteiger partial charge in [0, 0.05) is 12.6 Å². The standard InChI is InChI=1S/C25H36N4O3/c1-19-8-9-22(16-20(19)2)32-18-25(31)11-5-14-28(15-12-25)17-24(30)27-23-10-13-26-29(23)21-6-3-4-7-21/h8-10,13,16,21,31H,3-7,11-12,14-15,17-18H2,1-2H3,(H,27,30). The molecule has 1 aliphatic carbocycles. The smallest absolute Gasteiger partial charge is 0.239 e. The molecule has 2 N–H and O–H groups in total. The third-order valence-electron chi connectivity index (χ3n) is 6.97.